The zero-order valence-electron chi connectivity index (χ0n) is 11.3. The third kappa shape index (κ3) is 2.17. The standard InChI is InChI=1S/C15H20N2S/c1-15(2,3)14-17-12-8-10(4-5-13(12)18-14)11-6-7-16-9-11/h4-5,8,11,16H,6-7,9H2,1-3H3. The van der Waals surface area contributed by atoms with Gasteiger partial charge in [0.2, 0.25) is 0 Å². The molecule has 0 radical (unpaired) electrons. The Labute approximate surface area is 112 Å². The highest BCUT2D eigenvalue weighted by Crippen LogP contribution is 2.33. The zero-order chi connectivity index (χ0) is 12.8. The Hall–Kier alpha value is -0.930. The van der Waals surface area contributed by atoms with Crippen LogP contribution in [0.1, 0.15) is 43.7 Å². The van der Waals surface area contributed by atoms with E-state index < -0.39 is 0 Å². The minimum Gasteiger partial charge on any atom is -0.316 e. The Morgan fingerprint density at radius 3 is 2.83 bits per heavy atom. The normalized spacial score (nSPS) is 20.7. The lowest BCUT2D eigenvalue weighted by molar-refractivity contribution is 0.587. The highest BCUT2D eigenvalue weighted by Gasteiger charge is 2.20. The molecule has 3 rings (SSSR count). The molecule has 3 heteroatoms. The number of aromatic nitrogens is 1. The molecule has 2 heterocycles. The Morgan fingerprint density at radius 1 is 1.33 bits per heavy atom. The highest BCUT2D eigenvalue weighted by atomic mass is 32.1. The lowest BCUT2D eigenvalue weighted by Crippen LogP contribution is -2.09. The van der Waals surface area contributed by atoms with Gasteiger partial charge in [-0.2, -0.15) is 0 Å². The van der Waals surface area contributed by atoms with Crippen molar-refractivity contribution in [1.82, 2.24) is 10.3 Å². The van der Waals surface area contributed by atoms with Gasteiger partial charge in [0.15, 0.2) is 0 Å². The van der Waals surface area contributed by atoms with Gasteiger partial charge in [-0.05, 0) is 36.6 Å². The van der Waals surface area contributed by atoms with E-state index in [1.807, 2.05) is 11.3 Å². The number of thiazole rings is 1. The summed E-state index contributed by atoms with van der Waals surface area (Å²) in [5, 5.41) is 4.67. The van der Waals surface area contributed by atoms with E-state index in [1.165, 1.54) is 27.2 Å². The van der Waals surface area contributed by atoms with Crippen molar-refractivity contribution < 1.29 is 0 Å². The van der Waals surface area contributed by atoms with Crippen LogP contribution in [0.15, 0.2) is 18.2 Å². The lowest BCUT2D eigenvalue weighted by atomic mass is 9.97. The van der Waals surface area contributed by atoms with Gasteiger partial charge in [-0.25, -0.2) is 4.98 Å². The SMILES string of the molecule is CC(C)(C)c1nc2cc(C3CCNC3)ccc2s1. The van der Waals surface area contributed by atoms with Crippen molar-refractivity contribution in [3.8, 4) is 0 Å². The van der Waals surface area contributed by atoms with Gasteiger partial charge in [-0.15, -0.1) is 11.3 Å². The van der Waals surface area contributed by atoms with Crippen molar-refractivity contribution in [3.05, 3.63) is 28.8 Å². The molecular formula is C15H20N2S. The molecule has 0 saturated carbocycles. The molecule has 1 aliphatic heterocycles. The highest BCUT2D eigenvalue weighted by molar-refractivity contribution is 7.18. The molecule has 1 aromatic carbocycles. The first-order valence-corrected chi connectivity index (χ1v) is 7.47. The summed E-state index contributed by atoms with van der Waals surface area (Å²) in [6.07, 6.45) is 1.25. The van der Waals surface area contributed by atoms with E-state index >= 15 is 0 Å². The van der Waals surface area contributed by atoms with Gasteiger partial charge in [0.25, 0.3) is 0 Å². The quantitative estimate of drug-likeness (QED) is 0.846. The van der Waals surface area contributed by atoms with Crippen molar-refractivity contribution in [2.75, 3.05) is 13.1 Å². The molecule has 2 aromatic rings. The topological polar surface area (TPSA) is 24.9 Å². The fourth-order valence-corrected chi connectivity index (χ4v) is 3.46. The molecule has 96 valence electrons. The van der Waals surface area contributed by atoms with Crippen LogP contribution in [0.4, 0.5) is 0 Å². The van der Waals surface area contributed by atoms with Gasteiger partial charge in [0, 0.05) is 12.0 Å². The predicted octanol–water partition coefficient (Wildman–Crippen LogP) is 3.67. The average Bonchev–Trinajstić information content (AvgIpc) is 2.96. The first kappa shape index (κ1) is 12.1. The first-order chi connectivity index (χ1) is 8.54. The molecule has 18 heavy (non-hydrogen) atoms. The zero-order valence-corrected chi connectivity index (χ0v) is 12.1. The molecule has 0 amide bonds. The maximum atomic E-state index is 4.81. The van der Waals surface area contributed by atoms with E-state index in [2.05, 4.69) is 44.3 Å². The number of hydrogen-bond donors (Lipinski definition) is 1. The van der Waals surface area contributed by atoms with Gasteiger partial charge in [-0.1, -0.05) is 26.8 Å². The van der Waals surface area contributed by atoms with Crippen LogP contribution in [-0.2, 0) is 5.41 Å². The van der Waals surface area contributed by atoms with E-state index in [9.17, 15) is 0 Å². The lowest BCUT2D eigenvalue weighted by Gasteiger charge is -2.13. The first-order valence-electron chi connectivity index (χ1n) is 6.66. The van der Waals surface area contributed by atoms with Crippen molar-refractivity contribution in [2.24, 2.45) is 0 Å². The Kier molecular flexibility index (Phi) is 2.91. The smallest absolute Gasteiger partial charge is 0.0992 e. The minimum atomic E-state index is 0.152. The van der Waals surface area contributed by atoms with Crippen LogP contribution >= 0.6 is 11.3 Å². The largest absolute Gasteiger partial charge is 0.316 e. The van der Waals surface area contributed by atoms with Crippen molar-refractivity contribution in [1.29, 1.82) is 0 Å². The molecule has 1 aromatic heterocycles. The minimum absolute atomic E-state index is 0.152. The van der Waals surface area contributed by atoms with Gasteiger partial charge in [0.1, 0.15) is 0 Å². The summed E-state index contributed by atoms with van der Waals surface area (Å²) in [5.74, 6) is 0.675. The second-order valence-electron chi connectivity index (χ2n) is 6.19. The number of rotatable bonds is 1. The molecule has 1 aliphatic rings. The molecule has 2 nitrogen and oxygen atoms in total. The number of nitrogens with one attached hydrogen (secondary N) is 1. The molecule has 0 bridgehead atoms. The maximum Gasteiger partial charge on any atom is 0.0992 e. The summed E-state index contributed by atoms with van der Waals surface area (Å²) in [4.78, 5) is 4.81. The summed E-state index contributed by atoms with van der Waals surface area (Å²) in [6, 6.07) is 6.82. The van der Waals surface area contributed by atoms with E-state index in [-0.39, 0.29) is 5.41 Å². The fourth-order valence-electron chi connectivity index (χ4n) is 2.46. The summed E-state index contributed by atoms with van der Waals surface area (Å²) >= 11 is 1.83. The number of hydrogen-bond acceptors (Lipinski definition) is 3. The van der Waals surface area contributed by atoms with E-state index in [4.69, 9.17) is 4.98 Å². The molecule has 1 N–H and O–H groups in total. The Bertz CT molecular complexity index is 559. The molecule has 1 unspecified atom stereocenters. The number of benzene rings is 1. The second-order valence-corrected chi connectivity index (χ2v) is 7.22. The summed E-state index contributed by atoms with van der Waals surface area (Å²) in [7, 11) is 0. The van der Waals surface area contributed by atoms with E-state index in [0.29, 0.717) is 5.92 Å². The summed E-state index contributed by atoms with van der Waals surface area (Å²) < 4.78 is 1.31. The maximum absolute atomic E-state index is 4.81. The Morgan fingerprint density at radius 2 is 2.17 bits per heavy atom. The third-order valence-corrected chi connectivity index (χ3v) is 5.05. The average molecular weight is 260 g/mol. The van der Waals surface area contributed by atoms with Gasteiger partial charge < -0.3 is 5.32 Å². The molecule has 0 spiro atoms. The van der Waals surface area contributed by atoms with E-state index in [0.717, 1.165) is 13.1 Å². The van der Waals surface area contributed by atoms with Gasteiger partial charge in [-0.3, -0.25) is 0 Å². The Balaban J connectivity index is 2.01. The van der Waals surface area contributed by atoms with Crippen molar-refractivity contribution >= 4 is 21.6 Å². The van der Waals surface area contributed by atoms with Crippen molar-refractivity contribution in [3.63, 3.8) is 0 Å². The van der Waals surface area contributed by atoms with Crippen LogP contribution in [0.25, 0.3) is 10.2 Å². The molecule has 1 atom stereocenters. The third-order valence-electron chi connectivity index (χ3n) is 3.58. The van der Waals surface area contributed by atoms with E-state index in [1.54, 1.807) is 0 Å². The van der Waals surface area contributed by atoms with Crippen molar-refractivity contribution in [2.45, 2.75) is 38.5 Å². The van der Waals surface area contributed by atoms with Crippen LogP contribution < -0.4 is 5.32 Å². The fraction of sp³-hybridized carbons (Fsp3) is 0.533. The van der Waals surface area contributed by atoms with Crippen LogP contribution in [0.2, 0.25) is 0 Å². The molecular weight excluding hydrogens is 240 g/mol. The molecule has 1 fully saturated rings. The molecule has 1 saturated heterocycles. The molecule has 0 aliphatic carbocycles. The van der Waals surface area contributed by atoms with Gasteiger partial charge >= 0.3 is 0 Å². The van der Waals surface area contributed by atoms with Crippen LogP contribution in [-0.4, -0.2) is 18.1 Å². The van der Waals surface area contributed by atoms with Crippen LogP contribution in [0.3, 0.4) is 0 Å². The van der Waals surface area contributed by atoms with Gasteiger partial charge in [0.05, 0.1) is 15.2 Å². The monoisotopic (exact) mass is 260 g/mol. The van der Waals surface area contributed by atoms with Crippen LogP contribution in [0, 0.1) is 0 Å². The summed E-state index contributed by atoms with van der Waals surface area (Å²) in [5.41, 5.74) is 2.77. The summed E-state index contributed by atoms with van der Waals surface area (Å²) in [6.45, 7) is 8.94. The number of fused-ring (bicyclic) bond motifs is 1. The predicted molar refractivity (Wildman–Crippen MR) is 78.5 cm³/mol. The number of nitrogens with zero attached hydrogens (tertiary/aromatic N) is 1. The second kappa shape index (κ2) is 4.32. The van der Waals surface area contributed by atoms with Crippen LogP contribution in [0.5, 0.6) is 0 Å².